The molecule has 1 aromatic carbocycles. The van der Waals surface area contributed by atoms with E-state index in [-0.39, 0.29) is 5.78 Å². The lowest BCUT2D eigenvalue weighted by Gasteiger charge is -2.12. The largest absolute Gasteiger partial charge is 0.378 e. The van der Waals surface area contributed by atoms with Gasteiger partial charge in [0.15, 0.2) is 5.78 Å². The van der Waals surface area contributed by atoms with Crippen molar-refractivity contribution >= 4 is 38.7 Å². The summed E-state index contributed by atoms with van der Waals surface area (Å²) in [4.78, 5) is 15.2. The molecule has 2 nitrogen and oxygen atoms in total. The number of halogens is 1. The molecule has 2 rings (SSSR count). The Morgan fingerprint density at radius 3 is 2.33 bits per heavy atom. The number of carbonyl (C=O) groups excluding carboxylic acids is 1. The molecule has 0 atom stereocenters. The predicted octanol–water partition coefficient (Wildman–Crippen LogP) is 4.00. The number of nitrogens with zero attached hydrogens (tertiary/aromatic N) is 1. The molecule has 1 heterocycles. The molecule has 0 spiro atoms. The summed E-state index contributed by atoms with van der Waals surface area (Å²) in [5.41, 5.74) is 1.87. The van der Waals surface area contributed by atoms with E-state index in [0.29, 0.717) is 6.42 Å². The fraction of sp³-hybridized carbons (Fsp3) is 0.214. The fourth-order valence-electron chi connectivity index (χ4n) is 1.65. The Hall–Kier alpha value is -1.13. The Kier molecular flexibility index (Phi) is 4.19. The van der Waals surface area contributed by atoms with Gasteiger partial charge in [0.05, 0.1) is 3.79 Å². The normalized spacial score (nSPS) is 10.4. The quantitative estimate of drug-likeness (QED) is 0.792. The van der Waals surface area contributed by atoms with Gasteiger partial charge in [0.1, 0.15) is 0 Å². The summed E-state index contributed by atoms with van der Waals surface area (Å²) in [6.45, 7) is 0. The minimum Gasteiger partial charge on any atom is -0.378 e. The zero-order chi connectivity index (χ0) is 13.1. The first kappa shape index (κ1) is 13.3. The molecule has 4 heteroatoms. The molecule has 0 radical (unpaired) electrons. The van der Waals surface area contributed by atoms with Gasteiger partial charge in [-0.3, -0.25) is 4.79 Å². The number of anilines is 1. The molecule has 0 aliphatic rings. The van der Waals surface area contributed by atoms with Gasteiger partial charge in [-0.2, -0.15) is 0 Å². The number of hydrogen-bond donors (Lipinski definition) is 0. The summed E-state index contributed by atoms with van der Waals surface area (Å²) in [6.07, 6.45) is 0.470. The predicted molar refractivity (Wildman–Crippen MR) is 80.8 cm³/mol. The van der Waals surface area contributed by atoms with Gasteiger partial charge in [-0.25, -0.2) is 0 Å². The molecule has 0 amide bonds. The Morgan fingerprint density at radius 1 is 1.17 bits per heavy atom. The van der Waals surface area contributed by atoms with E-state index >= 15 is 0 Å². The highest BCUT2D eigenvalue weighted by atomic mass is 79.9. The zero-order valence-electron chi connectivity index (χ0n) is 10.3. The molecule has 0 bridgehead atoms. The smallest absolute Gasteiger partial charge is 0.168 e. The molecular weight excluding hydrogens is 310 g/mol. The van der Waals surface area contributed by atoms with E-state index in [1.807, 2.05) is 55.4 Å². The summed E-state index contributed by atoms with van der Waals surface area (Å²) in [5.74, 6) is 0.162. The van der Waals surface area contributed by atoms with Crippen LogP contribution in [0.1, 0.15) is 15.2 Å². The van der Waals surface area contributed by atoms with Crippen LogP contribution in [0.5, 0.6) is 0 Å². The topological polar surface area (TPSA) is 20.3 Å². The lowest BCUT2D eigenvalue weighted by atomic mass is 10.1. The third-order valence-electron chi connectivity index (χ3n) is 2.67. The minimum atomic E-state index is 0.162. The van der Waals surface area contributed by atoms with Gasteiger partial charge in [0.2, 0.25) is 0 Å². The first-order chi connectivity index (χ1) is 8.56. The second kappa shape index (κ2) is 5.67. The van der Waals surface area contributed by atoms with Crippen LogP contribution in [0, 0.1) is 0 Å². The Bertz CT molecular complexity index is 545. The monoisotopic (exact) mass is 323 g/mol. The van der Waals surface area contributed by atoms with Crippen LogP contribution in [0.2, 0.25) is 0 Å². The van der Waals surface area contributed by atoms with Crippen molar-refractivity contribution in [2.45, 2.75) is 6.42 Å². The van der Waals surface area contributed by atoms with Crippen LogP contribution in [0.4, 0.5) is 5.69 Å². The summed E-state index contributed by atoms with van der Waals surface area (Å²) >= 11 is 5.01. The SMILES string of the molecule is CN(C)c1ccc(C(=O)Cc2ccc(Br)s2)cc1. The highest BCUT2D eigenvalue weighted by Gasteiger charge is 2.09. The van der Waals surface area contributed by atoms with Crippen molar-refractivity contribution in [1.82, 2.24) is 0 Å². The van der Waals surface area contributed by atoms with Crippen LogP contribution in [0.25, 0.3) is 0 Å². The van der Waals surface area contributed by atoms with Gasteiger partial charge in [-0.15, -0.1) is 11.3 Å². The van der Waals surface area contributed by atoms with Crippen LogP contribution in [-0.2, 0) is 6.42 Å². The summed E-state index contributed by atoms with van der Waals surface area (Å²) in [5, 5.41) is 0. The molecule has 94 valence electrons. The second-order valence-corrected chi connectivity index (χ2v) is 6.79. The van der Waals surface area contributed by atoms with Crippen LogP contribution >= 0.6 is 27.3 Å². The second-order valence-electron chi connectivity index (χ2n) is 4.25. The molecule has 0 unspecified atom stereocenters. The molecule has 0 aliphatic heterocycles. The Balaban J connectivity index is 2.09. The Labute approximate surface area is 119 Å². The van der Waals surface area contributed by atoms with Crippen LogP contribution in [0.3, 0.4) is 0 Å². The van der Waals surface area contributed by atoms with Crippen molar-refractivity contribution in [3.8, 4) is 0 Å². The molecule has 1 aromatic heterocycles. The lowest BCUT2D eigenvalue weighted by molar-refractivity contribution is 0.0994. The highest BCUT2D eigenvalue weighted by molar-refractivity contribution is 9.11. The van der Waals surface area contributed by atoms with E-state index in [1.165, 1.54) is 0 Å². The van der Waals surface area contributed by atoms with Crippen molar-refractivity contribution in [2.24, 2.45) is 0 Å². The fourth-order valence-corrected chi connectivity index (χ4v) is 3.13. The molecule has 0 fully saturated rings. The number of benzene rings is 1. The number of carbonyl (C=O) groups is 1. The molecule has 0 aliphatic carbocycles. The van der Waals surface area contributed by atoms with Gasteiger partial charge >= 0.3 is 0 Å². The average Bonchev–Trinajstić information content (AvgIpc) is 2.75. The van der Waals surface area contributed by atoms with E-state index in [0.717, 1.165) is 19.9 Å². The number of thiophene rings is 1. The molecule has 0 saturated carbocycles. The number of hydrogen-bond acceptors (Lipinski definition) is 3. The first-order valence-corrected chi connectivity index (χ1v) is 7.22. The maximum Gasteiger partial charge on any atom is 0.168 e. The Morgan fingerprint density at radius 2 is 1.83 bits per heavy atom. The zero-order valence-corrected chi connectivity index (χ0v) is 12.7. The number of Topliss-reactive ketones (excluding diaryl/α,β-unsaturated/α-hetero) is 1. The highest BCUT2D eigenvalue weighted by Crippen LogP contribution is 2.23. The summed E-state index contributed by atoms with van der Waals surface area (Å²) in [7, 11) is 3.97. The summed E-state index contributed by atoms with van der Waals surface area (Å²) in [6, 6.07) is 11.7. The van der Waals surface area contributed by atoms with Crippen LogP contribution < -0.4 is 4.90 Å². The molecule has 0 N–H and O–H groups in total. The van der Waals surface area contributed by atoms with E-state index < -0.39 is 0 Å². The third kappa shape index (κ3) is 3.21. The number of ketones is 1. The minimum absolute atomic E-state index is 0.162. The van der Waals surface area contributed by atoms with Crippen molar-refractivity contribution in [3.05, 3.63) is 50.6 Å². The van der Waals surface area contributed by atoms with Crippen LogP contribution in [-0.4, -0.2) is 19.9 Å². The molecule has 18 heavy (non-hydrogen) atoms. The van der Waals surface area contributed by atoms with E-state index in [1.54, 1.807) is 11.3 Å². The van der Waals surface area contributed by atoms with E-state index in [2.05, 4.69) is 15.9 Å². The van der Waals surface area contributed by atoms with Gasteiger partial charge < -0.3 is 4.90 Å². The first-order valence-electron chi connectivity index (χ1n) is 5.61. The van der Waals surface area contributed by atoms with E-state index in [4.69, 9.17) is 0 Å². The summed E-state index contributed by atoms with van der Waals surface area (Å²) < 4.78 is 1.06. The van der Waals surface area contributed by atoms with Gasteiger partial charge in [-0.05, 0) is 52.3 Å². The molecule has 0 saturated heterocycles. The van der Waals surface area contributed by atoms with Crippen molar-refractivity contribution < 1.29 is 4.79 Å². The molecular formula is C14H14BrNOS. The van der Waals surface area contributed by atoms with Crippen molar-refractivity contribution in [3.63, 3.8) is 0 Å². The maximum atomic E-state index is 12.1. The van der Waals surface area contributed by atoms with Gasteiger partial charge in [0.25, 0.3) is 0 Å². The van der Waals surface area contributed by atoms with Crippen LogP contribution in [0.15, 0.2) is 40.2 Å². The van der Waals surface area contributed by atoms with E-state index in [9.17, 15) is 4.79 Å². The molecule has 2 aromatic rings. The number of rotatable bonds is 4. The van der Waals surface area contributed by atoms with Crippen molar-refractivity contribution in [1.29, 1.82) is 0 Å². The maximum absolute atomic E-state index is 12.1. The van der Waals surface area contributed by atoms with Gasteiger partial charge in [-0.1, -0.05) is 0 Å². The van der Waals surface area contributed by atoms with Crippen molar-refractivity contribution in [2.75, 3.05) is 19.0 Å². The lowest BCUT2D eigenvalue weighted by Crippen LogP contribution is -2.09. The van der Waals surface area contributed by atoms with Gasteiger partial charge in [0, 0.05) is 36.6 Å². The standard InChI is InChI=1S/C14H14BrNOS/c1-16(2)11-5-3-10(4-6-11)13(17)9-12-7-8-14(15)18-12/h3-8H,9H2,1-2H3. The average molecular weight is 324 g/mol. The third-order valence-corrected chi connectivity index (χ3v) is 4.29.